The van der Waals surface area contributed by atoms with Gasteiger partial charge in [0.1, 0.15) is 29.3 Å². The molecule has 1 saturated heterocycles. The van der Waals surface area contributed by atoms with Crippen molar-refractivity contribution in [3.05, 3.63) is 23.8 Å². The summed E-state index contributed by atoms with van der Waals surface area (Å²) in [4.78, 5) is 0. The topological polar surface area (TPSA) is 31.0 Å². The van der Waals surface area contributed by atoms with Gasteiger partial charge in [-0.25, -0.2) is 0 Å². The largest absolute Gasteiger partial charge is 0.494 e. The number of benzene rings is 1. The van der Waals surface area contributed by atoms with Gasteiger partial charge in [-0.15, -0.1) is 0 Å². The highest BCUT2D eigenvalue weighted by atomic mass is 16.6. The third-order valence-corrected chi connectivity index (χ3v) is 3.31. The fourth-order valence-corrected chi connectivity index (χ4v) is 2.37. The molecule has 17 heavy (non-hydrogen) atoms. The molecule has 3 nitrogen and oxygen atoms in total. The number of ether oxygens (including phenoxy) is 3. The summed E-state index contributed by atoms with van der Waals surface area (Å²) in [5, 5.41) is 0. The van der Waals surface area contributed by atoms with Crippen molar-refractivity contribution < 1.29 is 14.2 Å². The number of hydrogen-bond donors (Lipinski definition) is 0. The van der Waals surface area contributed by atoms with Gasteiger partial charge in [0, 0.05) is 5.56 Å². The van der Waals surface area contributed by atoms with Crippen LogP contribution in [-0.4, -0.2) is 18.3 Å². The quantitative estimate of drug-likeness (QED) is 0.753. The van der Waals surface area contributed by atoms with Crippen LogP contribution in [-0.2, 0) is 4.74 Å². The first kappa shape index (κ1) is 10.9. The maximum atomic E-state index is 5.95. The van der Waals surface area contributed by atoms with Crippen LogP contribution < -0.4 is 9.47 Å². The van der Waals surface area contributed by atoms with Crippen LogP contribution >= 0.6 is 0 Å². The highest BCUT2D eigenvalue weighted by molar-refractivity contribution is 5.46. The van der Waals surface area contributed by atoms with E-state index in [1.54, 1.807) is 0 Å². The summed E-state index contributed by atoms with van der Waals surface area (Å²) in [6.45, 7) is 6.99. The number of rotatable bonds is 3. The molecule has 0 unspecified atom stereocenters. The molecule has 2 aliphatic rings. The van der Waals surface area contributed by atoms with Gasteiger partial charge in [0.25, 0.3) is 0 Å². The number of fused-ring (bicyclic) bond motifs is 3. The van der Waals surface area contributed by atoms with Gasteiger partial charge in [-0.05, 0) is 38.5 Å². The molecule has 3 rings (SSSR count). The van der Waals surface area contributed by atoms with E-state index in [0.717, 1.165) is 30.1 Å². The van der Waals surface area contributed by atoms with Crippen molar-refractivity contribution >= 4 is 0 Å². The number of epoxide rings is 1. The molecule has 1 aromatic rings. The van der Waals surface area contributed by atoms with Gasteiger partial charge in [0.2, 0.25) is 0 Å². The maximum absolute atomic E-state index is 5.95. The van der Waals surface area contributed by atoms with E-state index in [0.29, 0.717) is 0 Å². The fourth-order valence-electron chi connectivity index (χ4n) is 2.37. The second kappa shape index (κ2) is 3.64. The Morgan fingerprint density at radius 2 is 2.18 bits per heavy atom. The second-order valence-electron chi connectivity index (χ2n) is 5.23. The molecule has 0 amide bonds. The zero-order valence-electron chi connectivity index (χ0n) is 10.5. The summed E-state index contributed by atoms with van der Waals surface area (Å²) in [5.41, 5.74) is 0.909. The van der Waals surface area contributed by atoms with Crippen LogP contribution in [0.25, 0.3) is 0 Å². The molecule has 92 valence electrons. The monoisotopic (exact) mass is 234 g/mol. The van der Waals surface area contributed by atoms with Crippen molar-refractivity contribution in [1.29, 1.82) is 0 Å². The van der Waals surface area contributed by atoms with E-state index in [9.17, 15) is 0 Å². The minimum atomic E-state index is -0.219. The third-order valence-electron chi connectivity index (χ3n) is 3.31. The Balaban J connectivity index is 1.88. The minimum Gasteiger partial charge on any atom is -0.494 e. The van der Waals surface area contributed by atoms with Crippen molar-refractivity contribution in [2.45, 2.75) is 45.0 Å². The summed E-state index contributed by atoms with van der Waals surface area (Å²) in [6.07, 6.45) is 1.40. The standard InChI is InChI=1S/C14H18O3/c1-4-7-15-9-5-6-11-10(8-9)12-13(16-12)14(2,3)17-11/h5-6,8,12-13H,4,7H2,1-3H3/t12-,13+/m0/s1. The molecule has 1 aromatic carbocycles. The van der Waals surface area contributed by atoms with E-state index in [4.69, 9.17) is 14.2 Å². The van der Waals surface area contributed by atoms with Crippen LogP contribution in [0.1, 0.15) is 38.9 Å². The molecule has 0 N–H and O–H groups in total. The Hall–Kier alpha value is -1.22. The normalized spacial score (nSPS) is 27.7. The van der Waals surface area contributed by atoms with E-state index in [1.807, 2.05) is 18.2 Å². The molecule has 2 heterocycles. The second-order valence-corrected chi connectivity index (χ2v) is 5.23. The molecule has 2 aliphatic heterocycles. The summed E-state index contributed by atoms with van der Waals surface area (Å²) >= 11 is 0. The van der Waals surface area contributed by atoms with Crippen molar-refractivity contribution in [3.63, 3.8) is 0 Å². The third kappa shape index (κ3) is 1.78. The molecule has 0 bridgehead atoms. The number of hydrogen-bond acceptors (Lipinski definition) is 3. The van der Waals surface area contributed by atoms with Crippen molar-refractivity contribution in [2.24, 2.45) is 0 Å². The minimum absolute atomic E-state index is 0.191. The van der Waals surface area contributed by atoms with E-state index in [2.05, 4.69) is 20.8 Å². The Kier molecular flexibility index (Phi) is 2.33. The van der Waals surface area contributed by atoms with E-state index < -0.39 is 0 Å². The summed E-state index contributed by atoms with van der Waals surface area (Å²) < 4.78 is 17.3. The van der Waals surface area contributed by atoms with Crippen LogP contribution in [0.3, 0.4) is 0 Å². The van der Waals surface area contributed by atoms with Crippen LogP contribution in [0.4, 0.5) is 0 Å². The first-order chi connectivity index (χ1) is 8.12. The van der Waals surface area contributed by atoms with Gasteiger partial charge in [0.15, 0.2) is 0 Å². The predicted octanol–water partition coefficient (Wildman–Crippen LogP) is 3.09. The van der Waals surface area contributed by atoms with E-state index in [-0.39, 0.29) is 17.8 Å². The summed E-state index contributed by atoms with van der Waals surface area (Å²) in [6, 6.07) is 6.00. The molecular formula is C14H18O3. The van der Waals surface area contributed by atoms with Gasteiger partial charge in [-0.1, -0.05) is 6.92 Å². The van der Waals surface area contributed by atoms with E-state index in [1.165, 1.54) is 0 Å². The molecule has 3 heteroatoms. The molecule has 0 aliphatic carbocycles. The smallest absolute Gasteiger partial charge is 0.132 e. The summed E-state index contributed by atoms with van der Waals surface area (Å²) in [7, 11) is 0. The van der Waals surface area contributed by atoms with Gasteiger partial charge >= 0.3 is 0 Å². The highest BCUT2D eigenvalue weighted by Gasteiger charge is 2.56. The summed E-state index contributed by atoms with van der Waals surface area (Å²) in [5.74, 6) is 1.83. The SMILES string of the molecule is CCCOc1ccc2c(c1)[C@@H]1O[C@H]1C(C)(C)O2. The lowest BCUT2D eigenvalue weighted by Gasteiger charge is -2.29. The molecular weight excluding hydrogens is 216 g/mol. The van der Waals surface area contributed by atoms with Crippen LogP contribution in [0, 0.1) is 0 Å². The van der Waals surface area contributed by atoms with Gasteiger partial charge in [-0.2, -0.15) is 0 Å². The van der Waals surface area contributed by atoms with Crippen LogP contribution in [0.15, 0.2) is 18.2 Å². The van der Waals surface area contributed by atoms with Gasteiger partial charge in [0.05, 0.1) is 6.61 Å². The highest BCUT2D eigenvalue weighted by Crippen LogP contribution is 2.54. The van der Waals surface area contributed by atoms with Gasteiger partial charge in [-0.3, -0.25) is 0 Å². The molecule has 0 spiro atoms. The lowest BCUT2D eigenvalue weighted by molar-refractivity contribution is 0.0724. The van der Waals surface area contributed by atoms with Crippen LogP contribution in [0.2, 0.25) is 0 Å². The lowest BCUT2D eigenvalue weighted by Crippen LogP contribution is -2.37. The Morgan fingerprint density at radius 3 is 2.94 bits per heavy atom. The Morgan fingerprint density at radius 1 is 1.35 bits per heavy atom. The molecule has 0 aromatic heterocycles. The van der Waals surface area contributed by atoms with E-state index >= 15 is 0 Å². The van der Waals surface area contributed by atoms with Crippen molar-refractivity contribution in [3.8, 4) is 11.5 Å². The zero-order valence-corrected chi connectivity index (χ0v) is 10.5. The van der Waals surface area contributed by atoms with Crippen molar-refractivity contribution in [1.82, 2.24) is 0 Å². The first-order valence-corrected chi connectivity index (χ1v) is 6.23. The van der Waals surface area contributed by atoms with Crippen LogP contribution in [0.5, 0.6) is 11.5 Å². The fraction of sp³-hybridized carbons (Fsp3) is 0.571. The Labute approximate surface area is 102 Å². The molecule has 0 saturated carbocycles. The zero-order chi connectivity index (χ0) is 12.0. The predicted molar refractivity (Wildman–Crippen MR) is 64.5 cm³/mol. The average Bonchev–Trinajstić information content (AvgIpc) is 3.07. The van der Waals surface area contributed by atoms with Gasteiger partial charge < -0.3 is 14.2 Å². The average molecular weight is 234 g/mol. The molecule has 1 fully saturated rings. The molecule has 0 radical (unpaired) electrons. The van der Waals surface area contributed by atoms with Crippen molar-refractivity contribution in [2.75, 3.05) is 6.61 Å². The Bertz CT molecular complexity index is 439. The first-order valence-electron chi connectivity index (χ1n) is 6.23. The maximum Gasteiger partial charge on any atom is 0.132 e. The molecule has 2 atom stereocenters. The lowest BCUT2D eigenvalue weighted by atomic mass is 9.94.